The van der Waals surface area contributed by atoms with Gasteiger partial charge < -0.3 is 0 Å². The van der Waals surface area contributed by atoms with Gasteiger partial charge in [-0.15, -0.1) is 4.89 Å². The van der Waals surface area contributed by atoms with Crippen LogP contribution in [0.25, 0.3) is 0 Å². The summed E-state index contributed by atoms with van der Waals surface area (Å²) in [6, 6.07) is 16.1. The molecule has 2 aromatic carbocycles. The van der Waals surface area contributed by atoms with Gasteiger partial charge in [0.05, 0.1) is 17.4 Å². The van der Waals surface area contributed by atoms with Gasteiger partial charge in [-0.1, -0.05) is 42.0 Å². The first-order valence-corrected chi connectivity index (χ1v) is 9.22. The fourth-order valence-electron chi connectivity index (χ4n) is 1.78. The van der Waals surface area contributed by atoms with E-state index in [1.54, 1.807) is 12.1 Å². The number of aryl methyl sites for hydroxylation is 1. The third kappa shape index (κ3) is 5.37. The summed E-state index contributed by atoms with van der Waals surface area (Å²) in [6.07, 6.45) is 0.379. The highest BCUT2D eigenvalue weighted by Gasteiger charge is 2.14. The number of nitriles is 1. The van der Waals surface area contributed by atoms with Crippen LogP contribution in [-0.4, -0.2) is 8.42 Å². The largest absolute Gasteiger partial charge is 0.313 e. The van der Waals surface area contributed by atoms with E-state index in [0.717, 1.165) is 28.6 Å². The second kappa shape index (κ2) is 8.13. The van der Waals surface area contributed by atoms with Crippen LogP contribution in [0.3, 0.4) is 0 Å². The summed E-state index contributed by atoms with van der Waals surface area (Å²) >= 11 is 1.13. The monoisotopic (exact) mass is 348 g/mol. The number of hydrogen-bond acceptors (Lipinski definition) is 6. The maximum atomic E-state index is 11.9. The molecule has 23 heavy (non-hydrogen) atoms. The Bertz CT molecular complexity index is 780. The number of rotatable bonds is 7. The van der Waals surface area contributed by atoms with Gasteiger partial charge >= 0.3 is 10.1 Å². The molecule has 0 saturated carbocycles. The normalized spacial score (nSPS) is 11.1. The summed E-state index contributed by atoms with van der Waals surface area (Å²) < 4.78 is 28.7. The Kier molecular flexibility index (Phi) is 6.19. The summed E-state index contributed by atoms with van der Waals surface area (Å²) in [4.78, 5) is 2.51. The van der Waals surface area contributed by atoms with Crippen LogP contribution in [0, 0.1) is 18.3 Å². The molecule has 7 heteroatoms. The summed E-state index contributed by atoms with van der Waals surface area (Å²) in [7, 11) is -3.81. The second-order valence-corrected chi connectivity index (χ2v) is 7.16. The molecule has 0 amide bonds. The molecule has 0 spiro atoms. The molecule has 0 aliphatic carbocycles. The number of nitrogens with one attached hydrogen (secondary N) is 1. The fourth-order valence-corrected chi connectivity index (χ4v) is 3.31. The standard InChI is InChI=1S/C16H16N2O3S2/c1-13-2-8-16(9-3-13)23(19,20)21-18-22-12-15-6-4-14(5-7-15)10-11-17/h2-9,18H,10,12H2,1H3. The Labute approximate surface area is 140 Å². The van der Waals surface area contributed by atoms with Crippen LogP contribution >= 0.6 is 11.9 Å². The van der Waals surface area contributed by atoms with Crippen molar-refractivity contribution in [3.63, 3.8) is 0 Å². The molecule has 0 heterocycles. The Hall–Kier alpha value is -1.85. The molecule has 0 unspecified atom stereocenters. The van der Waals surface area contributed by atoms with Gasteiger partial charge in [0.25, 0.3) is 0 Å². The highest BCUT2D eigenvalue weighted by atomic mass is 32.2. The number of nitrogens with zero attached hydrogens (tertiary/aromatic N) is 1. The Morgan fingerprint density at radius 3 is 2.30 bits per heavy atom. The number of benzene rings is 2. The molecular weight excluding hydrogens is 332 g/mol. The molecule has 0 atom stereocenters. The van der Waals surface area contributed by atoms with Crippen LogP contribution in [0.1, 0.15) is 16.7 Å². The predicted molar refractivity (Wildman–Crippen MR) is 89.6 cm³/mol. The van der Waals surface area contributed by atoms with Crippen LogP contribution in [0.4, 0.5) is 0 Å². The van der Waals surface area contributed by atoms with Crippen molar-refractivity contribution in [2.24, 2.45) is 0 Å². The summed E-state index contributed by atoms with van der Waals surface area (Å²) in [5.74, 6) is 0.538. The molecule has 0 aliphatic rings. The zero-order chi connectivity index (χ0) is 16.7. The molecule has 120 valence electrons. The molecule has 1 N–H and O–H groups in total. The molecule has 0 bridgehead atoms. The summed E-state index contributed by atoms with van der Waals surface area (Å²) in [6.45, 7) is 1.88. The lowest BCUT2D eigenvalue weighted by Crippen LogP contribution is -2.14. The lowest BCUT2D eigenvalue weighted by atomic mass is 10.1. The zero-order valence-electron chi connectivity index (χ0n) is 12.5. The molecule has 0 aliphatic heterocycles. The van der Waals surface area contributed by atoms with Crippen LogP contribution in [0.15, 0.2) is 53.4 Å². The highest BCUT2D eigenvalue weighted by molar-refractivity contribution is 7.97. The maximum Gasteiger partial charge on any atom is 0.313 e. The van der Waals surface area contributed by atoms with Gasteiger partial charge in [-0.25, -0.2) is 0 Å². The SMILES string of the molecule is Cc1ccc(S(=O)(=O)ONSCc2ccc(CC#N)cc2)cc1. The topological polar surface area (TPSA) is 79.2 Å². The molecule has 0 fully saturated rings. The molecule has 5 nitrogen and oxygen atoms in total. The molecule has 2 rings (SSSR count). The predicted octanol–water partition coefficient (Wildman–Crippen LogP) is 3.12. The van der Waals surface area contributed by atoms with E-state index in [-0.39, 0.29) is 4.90 Å². The average Bonchev–Trinajstić information content (AvgIpc) is 2.54. The minimum absolute atomic E-state index is 0.108. The summed E-state index contributed by atoms with van der Waals surface area (Å²) in [5, 5.41) is 8.61. The third-order valence-electron chi connectivity index (χ3n) is 3.06. The highest BCUT2D eigenvalue weighted by Crippen LogP contribution is 2.15. The number of hydrogen-bond donors (Lipinski definition) is 1. The lowest BCUT2D eigenvalue weighted by Gasteiger charge is -2.06. The van der Waals surface area contributed by atoms with Crippen molar-refractivity contribution in [1.29, 1.82) is 5.26 Å². The first-order chi connectivity index (χ1) is 11.0. The fraction of sp³-hybridized carbons (Fsp3) is 0.188. The Morgan fingerprint density at radius 1 is 1.09 bits per heavy atom. The lowest BCUT2D eigenvalue weighted by molar-refractivity contribution is 0.289. The van der Waals surface area contributed by atoms with Crippen molar-refractivity contribution in [2.75, 3.05) is 0 Å². The van der Waals surface area contributed by atoms with Gasteiger partial charge in [-0.05, 0) is 42.1 Å². The van der Waals surface area contributed by atoms with E-state index < -0.39 is 10.1 Å². The first kappa shape index (κ1) is 17.5. The molecular formula is C16H16N2O3S2. The van der Waals surface area contributed by atoms with E-state index in [1.807, 2.05) is 31.2 Å². The van der Waals surface area contributed by atoms with E-state index in [1.165, 1.54) is 12.1 Å². The second-order valence-electron chi connectivity index (χ2n) is 4.87. The van der Waals surface area contributed by atoms with E-state index >= 15 is 0 Å². The van der Waals surface area contributed by atoms with E-state index in [0.29, 0.717) is 12.2 Å². The van der Waals surface area contributed by atoms with Crippen molar-refractivity contribution < 1.29 is 12.7 Å². The molecule has 0 aromatic heterocycles. The molecule has 0 radical (unpaired) electrons. The van der Waals surface area contributed by atoms with E-state index in [9.17, 15) is 8.42 Å². The Morgan fingerprint density at radius 2 is 1.70 bits per heavy atom. The average molecular weight is 348 g/mol. The van der Waals surface area contributed by atoms with Crippen LogP contribution < -0.4 is 4.89 Å². The van der Waals surface area contributed by atoms with Gasteiger partial charge in [0, 0.05) is 5.75 Å². The molecule has 0 saturated heterocycles. The molecule has 2 aromatic rings. The van der Waals surface area contributed by atoms with Crippen molar-refractivity contribution >= 4 is 22.1 Å². The minimum atomic E-state index is -3.81. The van der Waals surface area contributed by atoms with Gasteiger partial charge in [0.15, 0.2) is 0 Å². The van der Waals surface area contributed by atoms with Crippen molar-refractivity contribution in [1.82, 2.24) is 4.89 Å². The third-order valence-corrected chi connectivity index (χ3v) is 4.99. The van der Waals surface area contributed by atoms with E-state index in [4.69, 9.17) is 9.55 Å². The van der Waals surface area contributed by atoms with Crippen molar-refractivity contribution in [2.45, 2.75) is 24.0 Å². The first-order valence-electron chi connectivity index (χ1n) is 6.83. The smallest absolute Gasteiger partial charge is 0.198 e. The van der Waals surface area contributed by atoms with Gasteiger partial charge in [0.1, 0.15) is 0 Å². The van der Waals surface area contributed by atoms with Crippen LogP contribution in [0.5, 0.6) is 0 Å². The van der Waals surface area contributed by atoms with Crippen LogP contribution in [-0.2, 0) is 26.6 Å². The van der Waals surface area contributed by atoms with E-state index in [2.05, 4.69) is 11.0 Å². The quantitative estimate of drug-likeness (QED) is 0.470. The zero-order valence-corrected chi connectivity index (χ0v) is 14.2. The van der Waals surface area contributed by atoms with Crippen molar-refractivity contribution in [3.05, 3.63) is 65.2 Å². The summed E-state index contributed by atoms with van der Waals surface area (Å²) in [5.41, 5.74) is 2.93. The maximum absolute atomic E-state index is 11.9. The van der Waals surface area contributed by atoms with Gasteiger partial charge in [-0.2, -0.15) is 18.0 Å². The van der Waals surface area contributed by atoms with Gasteiger partial charge in [-0.3, -0.25) is 0 Å². The van der Waals surface area contributed by atoms with Crippen molar-refractivity contribution in [3.8, 4) is 6.07 Å². The van der Waals surface area contributed by atoms with Crippen LogP contribution in [0.2, 0.25) is 0 Å². The van der Waals surface area contributed by atoms with Gasteiger partial charge in [0.2, 0.25) is 0 Å². The minimum Gasteiger partial charge on any atom is -0.198 e. The Balaban J connectivity index is 1.82.